The molecular formula is C25H25FN2O3. The van der Waals surface area contributed by atoms with Gasteiger partial charge in [0.1, 0.15) is 18.2 Å². The molecule has 0 bridgehead atoms. The molecule has 1 aliphatic rings. The largest absolute Gasteiger partial charge is 0.489 e. The van der Waals surface area contributed by atoms with Crippen LogP contribution in [-0.2, 0) is 17.9 Å². The SMILES string of the molecule is O=C(c1ccncc1)N(Cc1ccc(OCc2cccc(F)c2)cc1)CC1CCCO1. The lowest BCUT2D eigenvalue weighted by Gasteiger charge is -2.26. The quantitative estimate of drug-likeness (QED) is 0.534. The van der Waals surface area contributed by atoms with Crippen LogP contribution in [0.5, 0.6) is 5.75 Å². The van der Waals surface area contributed by atoms with Gasteiger partial charge in [0.15, 0.2) is 0 Å². The van der Waals surface area contributed by atoms with E-state index < -0.39 is 0 Å². The normalized spacial score (nSPS) is 15.6. The lowest BCUT2D eigenvalue weighted by molar-refractivity contribution is 0.0507. The van der Waals surface area contributed by atoms with Gasteiger partial charge < -0.3 is 14.4 Å². The number of pyridine rings is 1. The third-order valence-electron chi connectivity index (χ3n) is 5.25. The van der Waals surface area contributed by atoms with Crippen molar-refractivity contribution in [2.24, 2.45) is 0 Å². The van der Waals surface area contributed by atoms with Gasteiger partial charge in [-0.15, -0.1) is 0 Å². The van der Waals surface area contributed by atoms with Crippen LogP contribution >= 0.6 is 0 Å². The van der Waals surface area contributed by atoms with Crippen molar-refractivity contribution in [2.75, 3.05) is 13.2 Å². The number of benzene rings is 2. The predicted octanol–water partition coefficient (Wildman–Crippen LogP) is 4.62. The van der Waals surface area contributed by atoms with E-state index in [2.05, 4.69) is 4.98 Å². The van der Waals surface area contributed by atoms with E-state index in [0.717, 1.165) is 30.6 Å². The van der Waals surface area contributed by atoms with Crippen LogP contribution in [0, 0.1) is 5.82 Å². The standard InChI is InChI=1S/C25H25FN2O3/c26-22-4-1-3-20(15-22)18-31-23-8-6-19(7-9-23)16-28(17-24-5-2-14-30-24)25(29)21-10-12-27-13-11-21/h1,3-4,6-13,15,24H,2,5,14,16-18H2. The molecule has 0 saturated carbocycles. The summed E-state index contributed by atoms with van der Waals surface area (Å²) in [6.07, 6.45) is 5.32. The van der Waals surface area contributed by atoms with E-state index in [1.807, 2.05) is 35.2 Å². The molecule has 3 aromatic rings. The summed E-state index contributed by atoms with van der Waals surface area (Å²) >= 11 is 0. The van der Waals surface area contributed by atoms with Crippen molar-refractivity contribution in [3.63, 3.8) is 0 Å². The first-order valence-corrected chi connectivity index (χ1v) is 10.4. The number of nitrogens with zero attached hydrogens (tertiary/aromatic N) is 2. The average Bonchev–Trinajstić information content (AvgIpc) is 3.31. The fraction of sp³-hybridized carbons (Fsp3) is 0.280. The molecule has 0 spiro atoms. The molecule has 1 atom stereocenters. The average molecular weight is 420 g/mol. The molecule has 2 aromatic carbocycles. The number of ether oxygens (including phenoxy) is 2. The molecule has 4 rings (SSSR count). The molecule has 31 heavy (non-hydrogen) atoms. The fourth-order valence-electron chi connectivity index (χ4n) is 3.64. The molecular weight excluding hydrogens is 395 g/mol. The minimum atomic E-state index is -0.276. The molecule has 2 heterocycles. The van der Waals surface area contributed by atoms with Gasteiger partial charge in [-0.2, -0.15) is 0 Å². The van der Waals surface area contributed by atoms with Gasteiger partial charge in [0.2, 0.25) is 0 Å². The van der Waals surface area contributed by atoms with Crippen LogP contribution in [0.4, 0.5) is 4.39 Å². The maximum absolute atomic E-state index is 13.3. The second-order valence-corrected chi connectivity index (χ2v) is 7.62. The highest BCUT2D eigenvalue weighted by molar-refractivity contribution is 5.94. The summed E-state index contributed by atoms with van der Waals surface area (Å²) in [5.41, 5.74) is 2.39. The maximum Gasteiger partial charge on any atom is 0.254 e. The van der Waals surface area contributed by atoms with E-state index in [-0.39, 0.29) is 17.8 Å². The van der Waals surface area contributed by atoms with Crippen LogP contribution in [0.3, 0.4) is 0 Å². The minimum absolute atomic E-state index is 0.0377. The summed E-state index contributed by atoms with van der Waals surface area (Å²) in [5.74, 6) is 0.380. The number of hydrogen-bond acceptors (Lipinski definition) is 4. The van der Waals surface area contributed by atoms with Gasteiger partial charge in [-0.25, -0.2) is 4.39 Å². The zero-order valence-electron chi connectivity index (χ0n) is 17.2. The number of carbonyl (C=O) groups is 1. The Balaban J connectivity index is 1.41. The van der Waals surface area contributed by atoms with Gasteiger partial charge in [0.05, 0.1) is 6.10 Å². The zero-order chi connectivity index (χ0) is 21.5. The molecule has 1 aromatic heterocycles. The number of amides is 1. The van der Waals surface area contributed by atoms with Crippen molar-refractivity contribution in [3.05, 3.63) is 95.6 Å². The lowest BCUT2D eigenvalue weighted by atomic mass is 10.1. The zero-order valence-corrected chi connectivity index (χ0v) is 17.2. The Morgan fingerprint density at radius 1 is 1.10 bits per heavy atom. The molecule has 1 saturated heterocycles. The molecule has 0 aliphatic carbocycles. The van der Waals surface area contributed by atoms with Gasteiger partial charge in [-0.3, -0.25) is 9.78 Å². The highest BCUT2D eigenvalue weighted by atomic mass is 19.1. The van der Waals surface area contributed by atoms with E-state index in [4.69, 9.17) is 9.47 Å². The molecule has 1 amide bonds. The second kappa shape index (κ2) is 10.2. The van der Waals surface area contributed by atoms with Crippen molar-refractivity contribution in [1.82, 2.24) is 9.88 Å². The van der Waals surface area contributed by atoms with Gasteiger partial charge in [-0.1, -0.05) is 24.3 Å². The van der Waals surface area contributed by atoms with E-state index in [1.54, 1.807) is 30.6 Å². The van der Waals surface area contributed by atoms with Crippen LogP contribution in [-0.4, -0.2) is 35.0 Å². The number of carbonyl (C=O) groups excluding carboxylic acids is 1. The summed E-state index contributed by atoms with van der Waals surface area (Å²) in [7, 11) is 0. The molecule has 1 aliphatic heterocycles. The molecule has 6 heteroatoms. The van der Waals surface area contributed by atoms with Crippen molar-refractivity contribution in [1.29, 1.82) is 0 Å². The molecule has 0 radical (unpaired) electrons. The van der Waals surface area contributed by atoms with Crippen LogP contribution in [0.15, 0.2) is 73.1 Å². The first-order valence-electron chi connectivity index (χ1n) is 10.4. The maximum atomic E-state index is 13.3. The third kappa shape index (κ3) is 5.89. The molecule has 5 nitrogen and oxygen atoms in total. The van der Waals surface area contributed by atoms with Crippen molar-refractivity contribution >= 4 is 5.91 Å². The number of halogens is 1. The van der Waals surface area contributed by atoms with Gasteiger partial charge in [0.25, 0.3) is 5.91 Å². The van der Waals surface area contributed by atoms with E-state index in [9.17, 15) is 9.18 Å². The Morgan fingerprint density at radius 3 is 2.61 bits per heavy atom. The Bertz CT molecular complexity index is 989. The summed E-state index contributed by atoms with van der Waals surface area (Å²) in [5, 5.41) is 0. The summed E-state index contributed by atoms with van der Waals surface area (Å²) < 4.78 is 24.8. The van der Waals surface area contributed by atoms with Crippen molar-refractivity contribution < 1.29 is 18.7 Å². The van der Waals surface area contributed by atoms with Crippen molar-refractivity contribution in [2.45, 2.75) is 32.1 Å². The Kier molecular flexibility index (Phi) is 6.89. The predicted molar refractivity (Wildman–Crippen MR) is 115 cm³/mol. The Labute approximate surface area is 181 Å². The smallest absolute Gasteiger partial charge is 0.254 e. The highest BCUT2D eigenvalue weighted by Crippen LogP contribution is 2.19. The van der Waals surface area contributed by atoms with Crippen LogP contribution in [0.1, 0.15) is 34.3 Å². The van der Waals surface area contributed by atoms with Crippen LogP contribution < -0.4 is 4.74 Å². The third-order valence-corrected chi connectivity index (χ3v) is 5.25. The van der Waals surface area contributed by atoms with Gasteiger partial charge in [0, 0.05) is 37.7 Å². The van der Waals surface area contributed by atoms with E-state index in [0.29, 0.717) is 31.0 Å². The fourth-order valence-corrected chi connectivity index (χ4v) is 3.64. The highest BCUT2D eigenvalue weighted by Gasteiger charge is 2.23. The molecule has 1 unspecified atom stereocenters. The van der Waals surface area contributed by atoms with Crippen LogP contribution in [0.2, 0.25) is 0 Å². The number of aromatic nitrogens is 1. The lowest BCUT2D eigenvalue weighted by Crippen LogP contribution is -2.37. The Hall–Kier alpha value is -3.25. The molecule has 160 valence electrons. The number of hydrogen-bond donors (Lipinski definition) is 0. The van der Waals surface area contributed by atoms with E-state index >= 15 is 0 Å². The monoisotopic (exact) mass is 420 g/mol. The van der Waals surface area contributed by atoms with Gasteiger partial charge >= 0.3 is 0 Å². The molecule has 1 fully saturated rings. The first kappa shape index (κ1) is 21.0. The summed E-state index contributed by atoms with van der Waals surface area (Å²) in [4.78, 5) is 18.9. The molecule has 0 N–H and O–H groups in total. The second-order valence-electron chi connectivity index (χ2n) is 7.62. The summed E-state index contributed by atoms with van der Waals surface area (Å²) in [6.45, 7) is 2.08. The number of rotatable bonds is 8. The van der Waals surface area contributed by atoms with E-state index in [1.165, 1.54) is 12.1 Å². The minimum Gasteiger partial charge on any atom is -0.489 e. The first-order chi connectivity index (χ1) is 15.2. The van der Waals surface area contributed by atoms with Crippen molar-refractivity contribution in [3.8, 4) is 5.75 Å². The van der Waals surface area contributed by atoms with Gasteiger partial charge in [-0.05, 0) is 60.4 Å². The Morgan fingerprint density at radius 2 is 1.90 bits per heavy atom. The van der Waals surface area contributed by atoms with Crippen LogP contribution in [0.25, 0.3) is 0 Å². The topological polar surface area (TPSA) is 51.7 Å². The summed E-state index contributed by atoms with van der Waals surface area (Å²) in [6, 6.07) is 17.5.